The van der Waals surface area contributed by atoms with E-state index in [1.54, 1.807) is 12.1 Å². The number of para-hydroxylation sites is 1. The fourth-order valence-electron chi connectivity index (χ4n) is 2.75. The molecule has 2 aromatic carbocycles. The second-order valence-electron chi connectivity index (χ2n) is 6.63. The first kappa shape index (κ1) is 18.7. The van der Waals surface area contributed by atoms with Crippen molar-refractivity contribution in [2.24, 2.45) is 0 Å². The summed E-state index contributed by atoms with van der Waals surface area (Å²) in [6.07, 6.45) is -0.260. The van der Waals surface area contributed by atoms with Gasteiger partial charge in [-0.25, -0.2) is 4.79 Å². The Morgan fingerprint density at radius 1 is 1.23 bits per heavy atom. The molecule has 0 amide bonds. The number of anilines is 2. The van der Waals surface area contributed by atoms with E-state index in [-0.39, 0.29) is 12.7 Å². The molecule has 1 fully saturated rings. The molecule has 26 heavy (non-hydrogen) atoms. The molecule has 1 aliphatic rings. The summed E-state index contributed by atoms with van der Waals surface area (Å²) in [4.78, 5) is 12.5. The maximum Gasteiger partial charge on any atom is 0.340 e. The van der Waals surface area contributed by atoms with E-state index in [2.05, 4.69) is 5.32 Å². The average Bonchev–Trinajstić information content (AvgIpc) is 2.96. The molecular weight excluding hydrogens is 354 g/mol. The predicted molar refractivity (Wildman–Crippen MR) is 101 cm³/mol. The number of hydrogen-bond acceptors (Lipinski definition) is 5. The molecule has 1 atom stereocenters. The van der Waals surface area contributed by atoms with E-state index in [1.807, 2.05) is 51.1 Å². The number of ether oxygens (including phenoxy) is 3. The number of halogens is 1. The zero-order valence-corrected chi connectivity index (χ0v) is 15.8. The summed E-state index contributed by atoms with van der Waals surface area (Å²) in [7, 11) is 0. The molecule has 0 aromatic heterocycles. The fraction of sp³-hybridized carbons (Fsp3) is 0.350. The molecule has 5 nitrogen and oxygen atoms in total. The third-order valence-corrected chi connectivity index (χ3v) is 4.56. The van der Waals surface area contributed by atoms with E-state index < -0.39 is 11.8 Å². The summed E-state index contributed by atoms with van der Waals surface area (Å²) >= 11 is 6.17. The van der Waals surface area contributed by atoms with Crippen LogP contribution in [0.25, 0.3) is 0 Å². The number of carbonyl (C=O) groups excluding carboxylic acids is 1. The standard InChI is InChI=1S/C20H22ClNO4/c1-13-16(21)8-6-10-17(13)22-18-9-5-4-7-15(18)19(23)24-11-14-12-25-20(2,3)26-14/h4-10,14,22H,11-12H2,1-3H3. The van der Waals surface area contributed by atoms with Crippen LogP contribution in [0.1, 0.15) is 29.8 Å². The second-order valence-corrected chi connectivity index (χ2v) is 7.04. The quantitative estimate of drug-likeness (QED) is 0.767. The van der Waals surface area contributed by atoms with Crippen molar-refractivity contribution in [2.45, 2.75) is 32.7 Å². The maximum atomic E-state index is 12.5. The number of benzene rings is 2. The van der Waals surface area contributed by atoms with Gasteiger partial charge in [0, 0.05) is 10.7 Å². The SMILES string of the molecule is Cc1c(Cl)cccc1Nc1ccccc1C(=O)OCC1COC(C)(C)O1. The number of nitrogens with one attached hydrogen (secondary N) is 1. The molecule has 0 spiro atoms. The lowest BCUT2D eigenvalue weighted by Crippen LogP contribution is -2.25. The smallest absolute Gasteiger partial charge is 0.340 e. The lowest BCUT2D eigenvalue weighted by molar-refractivity contribution is -0.142. The highest BCUT2D eigenvalue weighted by Gasteiger charge is 2.33. The Morgan fingerprint density at radius 2 is 1.96 bits per heavy atom. The number of carbonyl (C=O) groups is 1. The van der Waals surface area contributed by atoms with Crippen LogP contribution in [0, 0.1) is 6.92 Å². The van der Waals surface area contributed by atoms with Gasteiger partial charge in [0.25, 0.3) is 0 Å². The van der Waals surface area contributed by atoms with Crippen LogP contribution in [0.15, 0.2) is 42.5 Å². The van der Waals surface area contributed by atoms with Crippen molar-refractivity contribution in [1.82, 2.24) is 0 Å². The lowest BCUT2D eigenvalue weighted by atomic mass is 10.1. The Morgan fingerprint density at radius 3 is 2.69 bits per heavy atom. The summed E-state index contributed by atoms with van der Waals surface area (Å²) in [5, 5.41) is 3.93. The summed E-state index contributed by atoms with van der Waals surface area (Å²) in [5.41, 5.74) is 2.86. The highest BCUT2D eigenvalue weighted by atomic mass is 35.5. The van der Waals surface area contributed by atoms with Crippen LogP contribution < -0.4 is 5.32 Å². The first-order valence-corrected chi connectivity index (χ1v) is 8.83. The van der Waals surface area contributed by atoms with Crippen molar-refractivity contribution >= 4 is 28.9 Å². The molecule has 2 aromatic rings. The van der Waals surface area contributed by atoms with E-state index >= 15 is 0 Å². The normalized spacial score (nSPS) is 18.5. The second kappa shape index (κ2) is 7.66. The molecule has 138 valence electrons. The van der Waals surface area contributed by atoms with Crippen molar-refractivity contribution < 1.29 is 19.0 Å². The molecule has 1 unspecified atom stereocenters. The molecule has 6 heteroatoms. The first-order chi connectivity index (χ1) is 12.4. The number of hydrogen-bond donors (Lipinski definition) is 1. The zero-order chi connectivity index (χ0) is 18.7. The Balaban J connectivity index is 1.70. The fourth-order valence-corrected chi connectivity index (χ4v) is 2.92. The van der Waals surface area contributed by atoms with Crippen molar-refractivity contribution in [3.63, 3.8) is 0 Å². The number of rotatable bonds is 5. The summed E-state index contributed by atoms with van der Waals surface area (Å²) in [5.74, 6) is -1.05. The molecule has 1 saturated heterocycles. The van der Waals surface area contributed by atoms with Crippen LogP contribution in [0.4, 0.5) is 11.4 Å². The van der Waals surface area contributed by atoms with Crippen molar-refractivity contribution in [3.8, 4) is 0 Å². The Bertz CT molecular complexity index is 806. The molecule has 0 radical (unpaired) electrons. The highest BCUT2D eigenvalue weighted by Crippen LogP contribution is 2.28. The minimum absolute atomic E-state index is 0.146. The molecule has 0 saturated carbocycles. The highest BCUT2D eigenvalue weighted by molar-refractivity contribution is 6.31. The van der Waals surface area contributed by atoms with E-state index in [9.17, 15) is 4.79 Å². The largest absolute Gasteiger partial charge is 0.459 e. The molecule has 1 heterocycles. The third kappa shape index (κ3) is 4.36. The summed E-state index contributed by atoms with van der Waals surface area (Å²) < 4.78 is 16.6. The van der Waals surface area contributed by atoms with E-state index in [0.29, 0.717) is 22.9 Å². The van der Waals surface area contributed by atoms with Crippen LogP contribution in [-0.2, 0) is 14.2 Å². The molecule has 1 N–H and O–H groups in total. The Kier molecular flexibility index (Phi) is 5.51. The van der Waals surface area contributed by atoms with Gasteiger partial charge in [0.1, 0.15) is 12.7 Å². The molecule has 0 aliphatic carbocycles. The topological polar surface area (TPSA) is 56.8 Å². The van der Waals surface area contributed by atoms with Crippen molar-refractivity contribution in [1.29, 1.82) is 0 Å². The predicted octanol–water partition coefficient (Wildman–Crippen LogP) is 4.70. The van der Waals surface area contributed by atoms with Gasteiger partial charge in [0.15, 0.2) is 5.79 Å². The summed E-state index contributed by atoms with van der Waals surface area (Å²) in [6, 6.07) is 12.8. The van der Waals surface area contributed by atoms with Gasteiger partial charge in [-0.05, 0) is 50.6 Å². The lowest BCUT2D eigenvalue weighted by Gasteiger charge is -2.17. The Labute approximate surface area is 158 Å². The minimum Gasteiger partial charge on any atom is -0.459 e. The van der Waals surface area contributed by atoms with E-state index in [1.165, 1.54) is 0 Å². The molecule has 3 rings (SSSR count). The van der Waals surface area contributed by atoms with Crippen LogP contribution in [0.5, 0.6) is 0 Å². The summed E-state index contributed by atoms with van der Waals surface area (Å²) in [6.45, 7) is 6.14. The van der Waals surface area contributed by atoms with Gasteiger partial charge < -0.3 is 19.5 Å². The van der Waals surface area contributed by atoms with Gasteiger partial charge in [-0.2, -0.15) is 0 Å². The zero-order valence-electron chi connectivity index (χ0n) is 15.0. The van der Waals surface area contributed by atoms with Crippen LogP contribution in [0.2, 0.25) is 5.02 Å². The molecular formula is C20H22ClNO4. The number of esters is 1. The molecule has 0 bridgehead atoms. The maximum absolute atomic E-state index is 12.5. The van der Waals surface area contributed by atoms with Gasteiger partial charge in [0.2, 0.25) is 0 Å². The van der Waals surface area contributed by atoms with Gasteiger partial charge in [0.05, 0.1) is 17.9 Å². The van der Waals surface area contributed by atoms with Gasteiger partial charge in [-0.15, -0.1) is 0 Å². The van der Waals surface area contributed by atoms with E-state index in [0.717, 1.165) is 11.3 Å². The average molecular weight is 376 g/mol. The van der Waals surface area contributed by atoms with Gasteiger partial charge in [-0.3, -0.25) is 0 Å². The first-order valence-electron chi connectivity index (χ1n) is 8.46. The van der Waals surface area contributed by atoms with Crippen molar-refractivity contribution in [3.05, 3.63) is 58.6 Å². The van der Waals surface area contributed by atoms with Gasteiger partial charge in [-0.1, -0.05) is 29.8 Å². The van der Waals surface area contributed by atoms with E-state index in [4.69, 9.17) is 25.8 Å². The Hall–Kier alpha value is -2.08. The van der Waals surface area contributed by atoms with Crippen LogP contribution in [0.3, 0.4) is 0 Å². The van der Waals surface area contributed by atoms with Crippen LogP contribution >= 0.6 is 11.6 Å². The van der Waals surface area contributed by atoms with Crippen LogP contribution in [-0.4, -0.2) is 31.1 Å². The third-order valence-electron chi connectivity index (χ3n) is 4.15. The monoisotopic (exact) mass is 375 g/mol. The van der Waals surface area contributed by atoms with Gasteiger partial charge >= 0.3 is 5.97 Å². The molecule has 1 aliphatic heterocycles. The minimum atomic E-state index is -0.638. The van der Waals surface area contributed by atoms with Crippen molar-refractivity contribution in [2.75, 3.05) is 18.5 Å².